The molecule has 2 amide bonds. The zero-order chi connectivity index (χ0) is 24.3. The zero-order valence-electron chi connectivity index (χ0n) is 20.5. The first kappa shape index (κ1) is 25.8. The average Bonchev–Trinajstić information content (AvgIpc) is 2.82. The first-order valence-corrected chi connectivity index (χ1v) is 13.0. The molecule has 4 nitrogen and oxygen atoms in total. The van der Waals surface area contributed by atoms with E-state index in [1.54, 1.807) is 0 Å². The summed E-state index contributed by atoms with van der Waals surface area (Å²) in [5, 5.41) is 5.32. The van der Waals surface area contributed by atoms with Crippen molar-refractivity contribution in [3.8, 4) is 0 Å². The number of unbranched alkanes of at least 4 members (excludes halogenated alkanes) is 2. The molecule has 0 saturated heterocycles. The van der Waals surface area contributed by atoms with Gasteiger partial charge in [-0.15, -0.1) is 0 Å². The van der Waals surface area contributed by atoms with E-state index in [0.29, 0.717) is 18.9 Å². The van der Waals surface area contributed by atoms with Crippen molar-refractivity contribution in [3.05, 3.63) is 77.9 Å². The number of fused-ring (bicyclic) bond motifs is 1. The van der Waals surface area contributed by atoms with Crippen LogP contribution in [0.5, 0.6) is 0 Å². The number of hydrogen-bond donors (Lipinski definition) is 2. The largest absolute Gasteiger partial charge is 0.356 e. The second-order valence-corrected chi connectivity index (χ2v) is 10.2. The molecular formula is C29H36N2O2S. The third kappa shape index (κ3) is 8.21. The van der Waals surface area contributed by atoms with Gasteiger partial charge in [-0.05, 0) is 66.1 Å². The number of hydrogen-bond acceptors (Lipinski definition) is 3. The molecule has 3 aromatic rings. The van der Waals surface area contributed by atoms with Gasteiger partial charge in [0, 0.05) is 17.9 Å². The van der Waals surface area contributed by atoms with Gasteiger partial charge in [-0.3, -0.25) is 14.3 Å². The Hall–Kier alpha value is -2.79. The van der Waals surface area contributed by atoms with Crippen molar-refractivity contribution in [2.24, 2.45) is 5.92 Å². The van der Waals surface area contributed by atoms with E-state index in [-0.39, 0.29) is 17.7 Å². The Morgan fingerprint density at radius 2 is 1.62 bits per heavy atom. The number of amides is 2. The van der Waals surface area contributed by atoms with Gasteiger partial charge < -0.3 is 5.32 Å². The minimum atomic E-state index is -0.210. The molecule has 0 aliphatic rings. The predicted octanol–water partition coefficient (Wildman–Crippen LogP) is 6.78. The first-order valence-electron chi connectivity index (χ1n) is 12.2. The Labute approximate surface area is 208 Å². The van der Waals surface area contributed by atoms with E-state index >= 15 is 0 Å². The van der Waals surface area contributed by atoms with Gasteiger partial charge in [0.15, 0.2) is 0 Å². The molecule has 0 saturated carbocycles. The maximum Gasteiger partial charge on any atom is 0.237 e. The molecule has 0 aliphatic heterocycles. The van der Waals surface area contributed by atoms with Crippen LogP contribution in [0.4, 0.5) is 0 Å². The lowest BCUT2D eigenvalue weighted by atomic mass is 9.91. The van der Waals surface area contributed by atoms with Crippen LogP contribution in [0.15, 0.2) is 71.6 Å². The molecule has 0 bridgehead atoms. The Bertz CT molecular complexity index is 1080. The van der Waals surface area contributed by atoms with E-state index in [9.17, 15) is 9.59 Å². The van der Waals surface area contributed by atoms with E-state index < -0.39 is 0 Å². The average molecular weight is 477 g/mol. The normalized spacial score (nSPS) is 12.0. The maximum atomic E-state index is 13.2. The van der Waals surface area contributed by atoms with Gasteiger partial charge in [-0.2, -0.15) is 0 Å². The SMILES string of the molecule is Cc1ccc(SNC(=O)C(CCCCCNC(=O)CC(C)C)c2ccc3ccccc3c2)cc1. The van der Waals surface area contributed by atoms with Gasteiger partial charge in [0.2, 0.25) is 11.8 Å². The smallest absolute Gasteiger partial charge is 0.237 e. The Morgan fingerprint density at radius 1 is 0.882 bits per heavy atom. The second-order valence-electron chi connectivity index (χ2n) is 9.34. The highest BCUT2D eigenvalue weighted by atomic mass is 32.2. The third-order valence-electron chi connectivity index (χ3n) is 5.87. The van der Waals surface area contributed by atoms with E-state index in [2.05, 4.69) is 73.3 Å². The molecule has 0 spiro atoms. The maximum absolute atomic E-state index is 13.2. The summed E-state index contributed by atoms with van der Waals surface area (Å²) < 4.78 is 3.07. The molecular weight excluding hydrogens is 440 g/mol. The molecule has 0 radical (unpaired) electrons. The highest BCUT2D eigenvalue weighted by molar-refractivity contribution is 7.98. The van der Waals surface area contributed by atoms with Crippen LogP contribution >= 0.6 is 11.9 Å². The standard InChI is InChI=1S/C29H36N2O2S/c1-21(2)19-28(32)30-18-8-4-5-11-27(25-15-14-23-9-6-7-10-24(23)20-25)29(33)31-34-26-16-12-22(3)13-17-26/h6-7,9-10,12-17,20-21,27H,4-5,8,11,18-19H2,1-3H3,(H,30,32)(H,31,33). The van der Waals surface area contributed by atoms with Crippen LogP contribution < -0.4 is 10.0 Å². The molecule has 1 unspecified atom stereocenters. The van der Waals surface area contributed by atoms with E-state index in [4.69, 9.17) is 0 Å². The predicted molar refractivity (Wildman–Crippen MR) is 143 cm³/mol. The minimum absolute atomic E-state index is 0.0334. The van der Waals surface area contributed by atoms with Gasteiger partial charge >= 0.3 is 0 Å². The van der Waals surface area contributed by atoms with Gasteiger partial charge in [0.25, 0.3) is 0 Å². The third-order valence-corrected chi connectivity index (χ3v) is 6.68. The van der Waals surface area contributed by atoms with Crippen LogP contribution in [-0.2, 0) is 9.59 Å². The minimum Gasteiger partial charge on any atom is -0.356 e. The van der Waals surface area contributed by atoms with Crippen molar-refractivity contribution in [3.63, 3.8) is 0 Å². The summed E-state index contributed by atoms with van der Waals surface area (Å²) in [7, 11) is 0. The Balaban J connectivity index is 1.59. The molecule has 3 rings (SSSR count). The number of benzene rings is 3. The fraction of sp³-hybridized carbons (Fsp3) is 0.379. The topological polar surface area (TPSA) is 58.2 Å². The fourth-order valence-electron chi connectivity index (χ4n) is 3.98. The summed E-state index contributed by atoms with van der Waals surface area (Å²) in [6.07, 6.45) is 4.18. The summed E-state index contributed by atoms with van der Waals surface area (Å²) in [4.78, 5) is 26.1. The monoisotopic (exact) mass is 476 g/mol. The fourth-order valence-corrected chi connectivity index (χ4v) is 4.61. The van der Waals surface area contributed by atoms with Crippen molar-refractivity contribution in [2.45, 2.75) is 63.7 Å². The quantitative estimate of drug-likeness (QED) is 0.224. The van der Waals surface area contributed by atoms with Gasteiger partial charge in [-0.1, -0.05) is 86.8 Å². The number of carbonyl (C=O) groups excluding carboxylic acids is 2. The van der Waals surface area contributed by atoms with E-state index in [0.717, 1.165) is 41.5 Å². The van der Waals surface area contributed by atoms with Crippen molar-refractivity contribution < 1.29 is 9.59 Å². The molecule has 3 aromatic carbocycles. The summed E-state index contributed by atoms with van der Waals surface area (Å²) in [5.74, 6) is 0.319. The van der Waals surface area contributed by atoms with Crippen molar-refractivity contribution in [1.29, 1.82) is 0 Å². The number of nitrogens with one attached hydrogen (secondary N) is 2. The van der Waals surface area contributed by atoms with Crippen LogP contribution in [0, 0.1) is 12.8 Å². The van der Waals surface area contributed by atoms with Crippen LogP contribution in [-0.4, -0.2) is 18.4 Å². The lowest BCUT2D eigenvalue weighted by Crippen LogP contribution is -2.25. The molecule has 0 aliphatic carbocycles. The zero-order valence-corrected chi connectivity index (χ0v) is 21.3. The lowest BCUT2D eigenvalue weighted by molar-refractivity contribution is -0.122. The number of aryl methyl sites for hydroxylation is 1. The molecule has 5 heteroatoms. The Kier molecular flexibility index (Phi) is 10.0. The van der Waals surface area contributed by atoms with Gasteiger partial charge in [-0.25, -0.2) is 0 Å². The molecule has 1 atom stereocenters. The van der Waals surface area contributed by atoms with E-state index in [1.165, 1.54) is 22.9 Å². The summed E-state index contributed by atoms with van der Waals surface area (Å²) in [5.41, 5.74) is 2.25. The second kappa shape index (κ2) is 13.2. The lowest BCUT2D eigenvalue weighted by Gasteiger charge is -2.18. The summed E-state index contributed by atoms with van der Waals surface area (Å²) >= 11 is 1.37. The van der Waals surface area contributed by atoms with Crippen LogP contribution in [0.25, 0.3) is 10.8 Å². The van der Waals surface area contributed by atoms with Crippen LogP contribution in [0.3, 0.4) is 0 Å². The molecule has 0 heterocycles. The van der Waals surface area contributed by atoms with Crippen molar-refractivity contribution in [1.82, 2.24) is 10.0 Å². The van der Waals surface area contributed by atoms with Crippen molar-refractivity contribution in [2.75, 3.05) is 6.54 Å². The van der Waals surface area contributed by atoms with Gasteiger partial charge in [0.1, 0.15) is 0 Å². The van der Waals surface area contributed by atoms with E-state index in [1.807, 2.05) is 24.3 Å². The molecule has 34 heavy (non-hydrogen) atoms. The van der Waals surface area contributed by atoms with Crippen LogP contribution in [0.1, 0.15) is 63.0 Å². The molecule has 2 N–H and O–H groups in total. The highest BCUT2D eigenvalue weighted by Crippen LogP contribution is 2.28. The number of rotatable bonds is 12. The first-order chi connectivity index (χ1) is 16.4. The van der Waals surface area contributed by atoms with Crippen LogP contribution in [0.2, 0.25) is 0 Å². The molecule has 180 valence electrons. The summed E-state index contributed by atoms with van der Waals surface area (Å²) in [6, 6.07) is 22.7. The molecule has 0 aromatic heterocycles. The summed E-state index contributed by atoms with van der Waals surface area (Å²) in [6.45, 7) is 6.85. The Morgan fingerprint density at radius 3 is 2.35 bits per heavy atom. The number of carbonyl (C=O) groups is 2. The van der Waals surface area contributed by atoms with Gasteiger partial charge in [0.05, 0.1) is 5.92 Å². The molecule has 0 fully saturated rings. The highest BCUT2D eigenvalue weighted by Gasteiger charge is 2.21. The van der Waals surface area contributed by atoms with Crippen molar-refractivity contribution >= 4 is 34.5 Å².